The average molecular weight is 448 g/mol. The second-order valence-corrected chi connectivity index (χ2v) is 10.8. The number of sulfonamides is 1. The number of carboxylic acid groups (broad SMARTS) is 1. The van der Waals surface area contributed by atoms with Gasteiger partial charge in [-0.25, -0.2) is 22.9 Å². The molecule has 0 aliphatic rings. The summed E-state index contributed by atoms with van der Waals surface area (Å²) in [6.07, 6.45) is -1.09. The lowest BCUT2D eigenvalue weighted by molar-refractivity contribution is 0.102. The normalized spacial score (nSPS) is 12.3. The van der Waals surface area contributed by atoms with Gasteiger partial charge in [-0.15, -0.1) is 11.3 Å². The van der Waals surface area contributed by atoms with Gasteiger partial charge in [-0.3, -0.25) is 0 Å². The molecule has 3 aromatic rings. The Labute approximate surface area is 180 Å². The van der Waals surface area contributed by atoms with E-state index < -0.39 is 21.7 Å². The maximum Gasteiger partial charge on any atom is 0.407 e. The number of fused-ring (bicyclic) bond motifs is 1. The summed E-state index contributed by atoms with van der Waals surface area (Å²) in [7, 11) is -3.80. The molecule has 0 aliphatic carbocycles. The number of hydrogen-bond donors (Lipinski definition) is 2. The smallest absolute Gasteiger partial charge is 0.407 e. The SMILES string of the molecule is Cc1ccc(S(=O)(=O)NCCN(C(=O)O)C(C)(C)C)cc1-c1nc2ccccc2s1. The molecule has 1 aromatic heterocycles. The van der Waals surface area contributed by atoms with Crippen LogP contribution in [0.2, 0.25) is 0 Å². The van der Waals surface area contributed by atoms with E-state index in [0.29, 0.717) is 0 Å². The molecule has 0 spiro atoms. The molecule has 0 aliphatic heterocycles. The fraction of sp³-hybridized carbons (Fsp3) is 0.333. The molecule has 1 heterocycles. The van der Waals surface area contributed by atoms with Crippen LogP contribution < -0.4 is 4.72 Å². The zero-order valence-corrected chi connectivity index (χ0v) is 19.0. The Morgan fingerprint density at radius 2 is 1.90 bits per heavy atom. The van der Waals surface area contributed by atoms with Crippen molar-refractivity contribution < 1.29 is 18.3 Å². The average Bonchev–Trinajstić information content (AvgIpc) is 3.08. The molecule has 0 radical (unpaired) electrons. The Kier molecular flexibility index (Phi) is 6.16. The number of aromatic nitrogens is 1. The predicted molar refractivity (Wildman–Crippen MR) is 119 cm³/mol. The Balaban J connectivity index is 1.83. The van der Waals surface area contributed by atoms with E-state index in [-0.39, 0.29) is 18.0 Å². The molecule has 7 nitrogen and oxygen atoms in total. The summed E-state index contributed by atoms with van der Waals surface area (Å²) in [5.74, 6) is 0. The number of hydrogen-bond acceptors (Lipinski definition) is 5. The fourth-order valence-electron chi connectivity index (χ4n) is 3.08. The van der Waals surface area contributed by atoms with Crippen LogP contribution in [0.3, 0.4) is 0 Å². The summed E-state index contributed by atoms with van der Waals surface area (Å²) >= 11 is 1.51. The Morgan fingerprint density at radius 3 is 2.53 bits per heavy atom. The predicted octanol–water partition coefficient (Wildman–Crippen LogP) is 4.33. The Bertz CT molecular complexity index is 1150. The molecule has 0 unspecified atom stereocenters. The summed E-state index contributed by atoms with van der Waals surface area (Å²) in [4.78, 5) is 17.4. The van der Waals surface area contributed by atoms with Crippen molar-refractivity contribution in [2.75, 3.05) is 13.1 Å². The van der Waals surface area contributed by atoms with Crippen LogP contribution in [0.4, 0.5) is 4.79 Å². The highest BCUT2D eigenvalue weighted by atomic mass is 32.2. The number of aryl methyl sites for hydroxylation is 1. The van der Waals surface area contributed by atoms with Crippen molar-refractivity contribution in [3.05, 3.63) is 48.0 Å². The minimum atomic E-state index is -3.80. The van der Waals surface area contributed by atoms with Crippen LogP contribution in [-0.2, 0) is 10.0 Å². The number of thiazole rings is 1. The molecule has 9 heteroatoms. The molecule has 0 atom stereocenters. The van der Waals surface area contributed by atoms with E-state index in [9.17, 15) is 18.3 Å². The fourth-order valence-corrected chi connectivity index (χ4v) is 5.17. The van der Waals surface area contributed by atoms with Crippen LogP contribution in [-0.4, -0.2) is 48.1 Å². The molecular weight excluding hydrogens is 422 g/mol. The number of nitrogens with zero attached hydrogens (tertiary/aromatic N) is 2. The number of rotatable bonds is 6. The van der Waals surface area contributed by atoms with Crippen LogP contribution in [0.1, 0.15) is 26.3 Å². The van der Waals surface area contributed by atoms with Crippen LogP contribution in [0, 0.1) is 6.92 Å². The molecule has 0 fully saturated rings. The van der Waals surface area contributed by atoms with E-state index >= 15 is 0 Å². The minimum Gasteiger partial charge on any atom is -0.465 e. The highest BCUT2D eigenvalue weighted by Crippen LogP contribution is 2.33. The second-order valence-electron chi connectivity index (χ2n) is 7.97. The van der Waals surface area contributed by atoms with Gasteiger partial charge in [-0.2, -0.15) is 0 Å². The van der Waals surface area contributed by atoms with E-state index in [2.05, 4.69) is 9.71 Å². The first-order chi connectivity index (χ1) is 14.0. The number of para-hydroxylation sites is 1. The van der Waals surface area contributed by atoms with Gasteiger partial charge >= 0.3 is 6.09 Å². The maximum atomic E-state index is 12.8. The van der Waals surface area contributed by atoms with Crippen molar-refractivity contribution in [1.82, 2.24) is 14.6 Å². The summed E-state index contributed by atoms with van der Waals surface area (Å²) in [6.45, 7) is 7.24. The molecule has 160 valence electrons. The molecule has 2 aromatic carbocycles. The standard InChI is InChI=1S/C21H25N3O4S2/c1-14-9-10-15(13-16(14)19-23-17-7-5-6-8-18(17)29-19)30(27,28)22-11-12-24(20(25)26)21(2,3)4/h5-10,13,22H,11-12H2,1-4H3,(H,25,26). The largest absolute Gasteiger partial charge is 0.465 e. The first-order valence-corrected chi connectivity index (χ1v) is 11.8. The number of carbonyl (C=O) groups is 1. The Morgan fingerprint density at radius 1 is 1.20 bits per heavy atom. The molecule has 1 amide bonds. The zero-order valence-electron chi connectivity index (χ0n) is 17.3. The van der Waals surface area contributed by atoms with E-state index in [1.807, 2.05) is 31.2 Å². The van der Waals surface area contributed by atoms with Crippen molar-refractivity contribution in [3.8, 4) is 10.6 Å². The first kappa shape index (κ1) is 22.2. The molecule has 0 saturated carbocycles. The highest BCUT2D eigenvalue weighted by Gasteiger charge is 2.26. The summed E-state index contributed by atoms with van der Waals surface area (Å²) in [5.41, 5.74) is 1.94. The van der Waals surface area contributed by atoms with E-state index in [0.717, 1.165) is 26.4 Å². The summed E-state index contributed by atoms with van der Waals surface area (Å²) in [5, 5.41) is 10.1. The highest BCUT2D eigenvalue weighted by molar-refractivity contribution is 7.89. The van der Waals surface area contributed by atoms with Crippen molar-refractivity contribution in [2.45, 2.75) is 38.1 Å². The van der Waals surface area contributed by atoms with Crippen molar-refractivity contribution in [2.24, 2.45) is 0 Å². The molecule has 30 heavy (non-hydrogen) atoms. The van der Waals surface area contributed by atoms with E-state index in [1.54, 1.807) is 39.0 Å². The number of benzene rings is 2. The van der Waals surface area contributed by atoms with Crippen LogP contribution >= 0.6 is 11.3 Å². The van der Waals surface area contributed by atoms with Crippen LogP contribution in [0.5, 0.6) is 0 Å². The van der Waals surface area contributed by atoms with Gasteiger partial charge < -0.3 is 10.0 Å². The quantitative estimate of drug-likeness (QED) is 0.586. The van der Waals surface area contributed by atoms with Gasteiger partial charge in [0.25, 0.3) is 0 Å². The number of amides is 1. The van der Waals surface area contributed by atoms with Crippen molar-refractivity contribution >= 4 is 37.7 Å². The lowest BCUT2D eigenvalue weighted by atomic mass is 10.1. The first-order valence-electron chi connectivity index (χ1n) is 9.46. The second kappa shape index (κ2) is 8.33. The molecule has 0 bridgehead atoms. The third-order valence-corrected chi connectivity index (χ3v) is 7.24. The maximum absolute atomic E-state index is 12.8. The topological polar surface area (TPSA) is 99.6 Å². The monoisotopic (exact) mass is 447 g/mol. The van der Waals surface area contributed by atoms with Gasteiger partial charge in [0, 0.05) is 24.2 Å². The van der Waals surface area contributed by atoms with Gasteiger partial charge in [-0.05, 0) is 57.5 Å². The molecule has 3 rings (SSSR count). The van der Waals surface area contributed by atoms with Crippen molar-refractivity contribution in [3.63, 3.8) is 0 Å². The Hall–Kier alpha value is -2.49. The van der Waals surface area contributed by atoms with Gasteiger partial charge in [-0.1, -0.05) is 18.2 Å². The van der Waals surface area contributed by atoms with E-state index in [4.69, 9.17) is 0 Å². The molecule has 2 N–H and O–H groups in total. The van der Waals surface area contributed by atoms with Gasteiger partial charge in [0.2, 0.25) is 10.0 Å². The molecule has 0 saturated heterocycles. The van der Waals surface area contributed by atoms with E-state index in [1.165, 1.54) is 16.2 Å². The minimum absolute atomic E-state index is 0.0176. The summed E-state index contributed by atoms with van der Waals surface area (Å²) < 4.78 is 29.2. The summed E-state index contributed by atoms with van der Waals surface area (Å²) in [6, 6.07) is 12.7. The van der Waals surface area contributed by atoms with Crippen molar-refractivity contribution in [1.29, 1.82) is 0 Å². The molecular formula is C21H25N3O4S2. The lowest BCUT2D eigenvalue weighted by Crippen LogP contribution is -2.48. The van der Waals surface area contributed by atoms with Crippen LogP contribution in [0.15, 0.2) is 47.4 Å². The van der Waals surface area contributed by atoms with Crippen LogP contribution in [0.25, 0.3) is 20.8 Å². The third kappa shape index (κ3) is 4.80. The lowest BCUT2D eigenvalue weighted by Gasteiger charge is -2.33. The van der Waals surface area contributed by atoms with Gasteiger partial charge in [0.05, 0.1) is 15.1 Å². The zero-order chi connectivity index (χ0) is 22.1. The number of nitrogens with one attached hydrogen (secondary N) is 1. The van der Waals surface area contributed by atoms with Gasteiger partial charge in [0.1, 0.15) is 5.01 Å². The van der Waals surface area contributed by atoms with Gasteiger partial charge in [0.15, 0.2) is 0 Å². The third-order valence-electron chi connectivity index (χ3n) is 4.71.